The fraction of sp³-hybridized carbons (Fsp3) is 0.733. The smallest absolute Gasteiger partial charge is 0.0702 e. The lowest BCUT2D eigenvalue weighted by Gasteiger charge is -2.23. The molecule has 4 heteroatoms. The van der Waals surface area contributed by atoms with Crippen molar-refractivity contribution in [3.8, 4) is 0 Å². The van der Waals surface area contributed by atoms with Crippen molar-refractivity contribution in [1.29, 1.82) is 0 Å². The summed E-state index contributed by atoms with van der Waals surface area (Å²) in [6, 6.07) is 4.34. The second kappa shape index (κ2) is 8.69. The molecule has 0 aliphatic carbocycles. The van der Waals surface area contributed by atoms with Crippen molar-refractivity contribution in [2.75, 3.05) is 39.3 Å². The topological polar surface area (TPSA) is 24.5 Å². The third kappa shape index (κ3) is 5.61. The number of nitrogens with zero attached hydrogens (tertiary/aromatic N) is 1. The van der Waals surface area contributed by atoms with Crippen molar-refractivity contribution in [3.05, 3.63) is 22.4 Å². The van der Waals surface area contributed by atoms with E-state index in [-0.39, 0.29) is 0 Å². The maximum Gasteiger partial charge on any atom is 0.0702 e. The Morgan fingerprint density at radius 1 is 1.47 bits per heavy atom. The molecule has 2 heterocycles. The standard InChI is InChI=1S/C15H26N2OS/c1-2-17(13-14-5-3-11-18-14)10-9-16-8-7-15-6-4-12-19-15/h4,6,12,14,16H,2-3,5,7-11,13H2,1H3. The first-order chi connectivity index (χ1) is 9.38. The van der Waals surface area contributed by atoms with Crippen molar-refractivity contribution in [1.82, 2.24) is 10.2 Å². The summed E-state index contributed by atoms with van der Waals surface area (Å²) in [7, 11) is 0. The lowest BCUT2D eigenvalue weighted by molar-refractivity contribution is 0.0752. The summed E-state index contributed by atoms with van der Waals surface area (Å²) in [4.78, 5) is 3.97. The molecule has 0 spiro atoms. The molecule has 1 fully saturated rings. The quantitative estimate of drug-likeness (QED) is 0.704. The molecule has 1 aromatic heterocycles. The Bertz CT molecular complexity index is 323. The van der Waals surface area contributed by atoms with E-state index in [0.29, 0.717) is 6.10 Å². The van der Waals surface area contributed by atoms with Gasteiger partial charge < -0.3 is 10.1 Å². The number of hydrogen-bond donors (Lipinski definition) is 1. The maximum absolute atomic E-state index is 5.70. The minimum atomic E-state index is 0.478. The zero-order valence-corrected chi connectivity index (χ0v) is 12.8. The average molecular weight is 282 g/mol. The van der Waals surface area contributed by atoms with Gasteiger partial charge in [0.25, 0.3) is 0 Å². The van der Waals surface area contributed by atoms with E-state index < -0.39 is 0 Å². The van der Waals surface area contributed by atoms with Crippen molar-refractivity contribution >= 4 is 11.3 Å². The number of ether oxygens (including phenoxy) is 1. The Labute approximate surface area is 121 Å². The van der Waals surface area contributed by atoms with E-state index in [1.165, 1.54) is 17.7 Å². The summed E-state index contributed by atoms with van der Waals surface area (Å²) >= 11 is 1.85. The molecule has 1 unspecified atom stereocenters. The predicted octanol–water partition coefficient (Wildman–Crippen LogP) is 2.38. The molecule has 1 atom stereocenters. The molecule has 0 radical (unpaired) electrons. The van der Waals surface area contributed by atoms with Crippen LogP contribution in [0.5, 0.6) is 0 Å². The van der Waals surface area contributed by atoms with Gasteiger partial charge in [-0.2, -0.15) is 0 Å². The lowest BCUT2D eigenvalue weighted by Crippen LogP contribution is -2.37. The SMILES string of the molecule is CCN(CCNCCc1cccs1)CC1CCCO1. The second-order valence-electron chi connectivity index (χ2n) is 5.11. The first-order valence-electron chi connectivity index (χ1n) is 7.45. The van der Waals surface area contributed by atoms with E-state index in [2.05, 4.69) is 34.7 Å². The monoisotopic (exact) mass is 282 g/mol. The van der Waals surface area contributed by atoms with Gasteiger partial charge in [-0.25, -0.2) is 0 Å². The summed E-state index contributed by atoms with van der Waals surface area (Å²) < 4.78 is 5.70. The molecule has 0 saturated carbocycles. The van der Waals surface area contributed by atoms with Crippen molar-refractivity contribution in [2.24, 2.45) is 0 Å². The molecule has 2 rings (SSSR count). The van der Waals surface area contributed by atoms with Crippen LogP contribution in [0.25, 0.3) is 0 Å². The zero-order valence-electron chi connectivity index (χ0n) is 11.9. The highest BCUT2D eigenvalue weighted by molar-refractivity contribution is 7.09. The molecule has 0 amide bonds. The van der Waals surface area contributed by atoms with E-state index in [0.717, 1.165) is 45.8 Å². The van der Waals surface area contributed by atoms with Gasteiger partial charge in [0.05, 0.1) is 6.10 Å². The van der Waals surface area contributed by atoms with E-state index >= 15 is 0 Å². The van der Waals surface area contributed by atoms with Gasteiger partial charge in [-0.05, 0) is 37.3 Å². The number of likely N-dealkylation sites (N-methyl/N-ethyl adjacent to an activating group) is 1. The lowest BCUT2D eigenvalue weighted by atomic mass is 10.2. The summed E-state index contributed by atoms with van der Waals surface area (Å²) in [6.07, 6.45) is 4.10. The Hall–Kier alpha value is -0.420. The van der Waals surface area contributed by atoms with Crippen LogP contribution in [0.3, 0.4) is 0 Å². The molecule has 19 heavy (non-hydrogen) atoms. The van der Waals surface area contributed by atoms with Gasteiger partial charge in [0, 0.05) is 37.7 Å². The molecular weight excluding hydrogens is 256 g/mol. The van der Waals surface area contributed by atoms with Crippen LogP contribution in [0.1, 0.15) is 24.6 Å². The van der Waals surface area contributed by atoms with Gasteiger partial charge >= 0.3 is 0 Å². The zero-order chi connectivity index (χ0) is 13.3. The number of thiophene rings is 1. The van der Waals surface area contributed by atoms with E-state index in [1.807, 2.05) is 11.3 Å². The summed E-state index contributed by atoms with van der Waals surface area (Å²) in [6.45, 7) is 8.70. The second-order valence-corrected chi connectivity index (χ2v) is 6.14. The summed E-state index contributed by atoms with van der Waals surface area (Å²) in [5.74, 6) is 0. The Kier molecular flexibility index (Phi) is 6.85. The summed E-state index contributed by atoms with van der Waals surface area (Å²) in [5.41, 5.74) is 0. The fourth-order valence-corrected chi connectivity index (χ4v) is 3.19. The normalized spacial score (nSPS) is 19.4. The number of nitrogens with one attached hydrogen (secondary N) is 1. The van der Waals surface area contributed by atoms with Gasteiger partial charge in [0.1, 0.15) is 0 Å². The molecule has 1 saturated heterocycles. The Morgan fingerprint density at radius 2 is 2.42 bits per heavy atom. The maximum atomic E-state index is 5.70. The minimum absolute atomic E-state index is 0.478. The van der Waals surface area contributed by atoms with Crippen molar-refractivity contribution < 1.29 is 4.74 Å². The van der Waals surface area contributed by atoms with Gasteiger partial charge in [-0.3, -0.25) is 4.90 Å². The Balaban J connectivity index is 1.52. The molecular formula is C15H26N2OS. The van der Waals surface area contributed by atoms with Crippen LogP contribution in [-0.4, -0.2) is 50.3 Å². The molecule has 108 valence electrons. The number of rotatable bonds is 9. The molecule has 0 aromatic carbocycles. The van der Waals surface area contributed by atoms with Crippen LogP contribution in [-0.2, 0) is 11.2 Å². The molecule has 1 aromatic rings. The highest BCUT2D eigenvalue weighted by Gasteiger charge is 2.17. The van der Waals surface area contributed by atoms with Crippen molar-refractivity contribution in [3.63, 3.8) is 0 Å². The minimum Gasteiger partial charge on any atom is -0.377 e. The van der Waals surface area contributed by atoms with Crippen LogP contribution in [0.4, 0.5) is 0 Å². The summed E-state index contributed by atoms with van der Waals surface area (Å²) in [5, 5.41) is 5.69. The first-order valence-corrected chi connectivity index (χ1v) is 8.33. The van der Waals surface area contributed by atoms with Gasteiger partial charge in [0.2, 0.25) is 0 Å². The van der Waals surface area contributed by atoms with Crippen LogP contribution in [0.2, 0.25) is 0 Å². The van der Waals surface area contributed by atoms with Crippen LogP contribution in [0, 0.1) is 0 Å². The van der Waals surface area contributed by atoms with E-state index in [9.17, 15) is 0 Å². The third-order valence-corrected chi connectivity index (χ3v) is 4.60. The van der Waals surface area contributed by atoms with Gasteiger partial charge in [-0.15, -0.1) is 11.3 Å². The number of hydrogen-bond acceptors (Lipinski definition) is 4. The van der Waals surface area contributed by atoms with Crippen LogP contribution >= 0.6 is 11.3 Å². The highest BCUT2D eigenvalue weighted by Crippen LogP contribution is 2.13. The molecule has 1 aliphatic heterocycles. The first kappa shape index (κ1) is 15.0. The predicted molar refractivity (Wildman–Crippen MR) is 82.0 cm³/mol. The van der Waals surface area contributed by atoms with E-state index in [1.54, 1.807) is 0 Å². The third-order valence-electron chi connectivity index (χ3n) is 3.67. The fourth-order valence-electron chi connectivity index (χ4n) is 2.48. The van der Waals surface area contributed by atoms with Crippen LogP contribution < -0.4 is 5.32 Å². The van der Waals surface area contributed by atoms with E-state index in [4.69, 9.17) is 4.74 Å². The highest BCUT2D eigenvalue weighted by atomic mass is 32.1. The van der Waals surface area contributed by atoms with Gasteiger partial charge in [0.15, 0.2) is 0 Å². The average Bonchev–Trinajstić information content (AvgIpc) is 3.10. The molecule has 1 aliphatic rings. The van der Waals surface area contributed by atoms with Crippen LogP contribution in [0.15, 0.2) is 17.5 Å². The van der Waals surface area contributed by atoms with Gasteiger partial charge in [-0.1, -0.05) is 13.0 Å². The largest absolute Gasteiger partial charge is 0.377 e. The van der Waals surface area contributed by atoms with Crippen molar-refractivity contribution in [2.45, 2.75) is 32.3 Å². The molecule has 3 nitrogen and oxygen atoms in total. The Morgan fingerprint density at radius 3 is 3.11 bits per heavy atom. The molecule has 1 N–H and O–H groups in total. The molecule has 0 bridgehead atoms.